The molecular formula is C17H14N2O. The van der Waals surface area contributed by atoms with Crippen LogP contribution in [0.5, 0.6) is 0 Å². The molecule has 0 aliphatic carbocycles. The Bertz CT molecular complexity index is 893. The molecule has 0 saturated carbocycles. The number of fused-ring (bicyclic) bond motifs is 5. The Morgan fingerprint density at radius 2 is 1.95 bits per heavy atom. The van der Waals surface area contributed by atoms with Gasteiger partial charge in [0.05, 0.1) is 10.9 Å². The first-order chi connectivity index (χ1) is 9.75. The summed E-state index contributed by atoms with van der Waals surface area (Å²) in [6.07, 6.45) is 0.983. The summed E-state index contributed by atoms with van der Waals surface area (Å²) >= 11 is 0. The Hall–Kier alpha value is -2.42. The standard InChI is InChI=1S/C17H14N2O/c1-11-5-4-8-14-15(11)17(20)18-16-13-7-3-2-6-12(13)9-10-19(14)16/h2-8H,9-10H2,1H3. The molecule has 1 aliphatic heterocycles. The molecule has 0 spiro atoms. The number of rotatable bonds is 0. The van der Waals surface area contributed by atoms with Gasteiger partial charge in [0.2, 0.25) is 0 Å². The van der Waals surface area contributed by atoms with E-state index in [2.05, 4.69) is 15.6 Å². The Labute approximate surface area is 116 Å². The first-order valence-electron chi connectivity index (χ1n) is 6.84. The van der Waals surface area contributed by atoms with Crippen LogP contribution in [0.2, 0.25) is 0 Å². The molecule has 1 aromatic heterocycles. The molecule has 2 aromatic carbocycles. The number of aryl methyl sites for hydroxylation is 3. The summed E-state index contributed by atoms with van der Waals surface area (Å²) in [6.45, 7) is 2.84. The molecule has 3 heteroatoms. The maximum atomic E-state index is 12.4. The van der Waals surface area contributed by atoms with Gasteiger partial charge in [0.1, 0.15) is 5.82 Å². The fourth-order valence-electron chi connectivity index (χ4n) is 3.10. The maximum absolute atomic E-state index is 12.4. The highest BCUT2D eigenvalue weighted by atomic mass is 16.1. The van der Waals surface area contributed by atoms with Crippen molar-refractivity contribution in [2.75, 3.05) is 0 Å². The van der Waals surface area contributed by atoms with Crippen LogP contribution < -0.4 is 5.56 Å². The smallest absolute Gasteiger partial charge is 0.281 e. The molecule has 0 N–H and O–H groups in total. The lowest BCUT2D eigenvalue weighted by Crippen LogP contribution is -2.21. The number of nitrogens with zero attached hydrogens (tertiary/aromatic N) is 2. The third-order valence-corrected chi connectivity index (χ3v) is 4.08. The van der Waals surface area contributed by atoms with Crippen LogP contribution in [0.15, 0.2) is 47.3 Å². The van der Waals surface area contributed by atoms with Gasteiger partial charge in [0.25, 0.3) is 5.56 Å². The van der Waals surface area contributed by atoms with Crippen molar-refractivity contribution in [3.63, 3.8) is 0 Å². The molecule has 20 heavy (non-hydrogen) atoms. The zero-order valence-electron chi connectivity index (χ0n) is 11.3. The van der Waals surface area contributed by atoms with E-state index in [9.17, 15) is 4.79 Å². The van der Waals surface area contributed by atoms with Gasteiger partial charge in [0, 0.05) is 12.1 Å². The van der Waals surface area contributed by atoms with Gasteiger partial charge < -0.3 is 4.57 Å². The Kier molecular flexibility index (Phi) is 2.30. The van der Waals surface area contributed by atoms with Crippen LogP contribution in [0.25, 0.3) is 22.3 Å². The lowest BCUT2D eigenvalue weighted by Gasteiger charge is -2.23. The lowest BCUT2D eigenvalue weighted by atomic mass is 9.99. The lowest BCUT2D eigenvalue weighted by molar-refractivity contribution is 0.688. The number of benzene rings is 2. The quantitative estimate of drug-likeness (QED) is 0.624. The molecule has 0 amide bonds. The molecule has 98 valence electrons. The first kappa shape index (κ1) is 11.4. The summed E-state index contributed by atoms with van der Waals surface area (Å²) in [5.74, 6) is 0.801. The highest BCUT2D eigenvalue weighted by Crippen LogP contribution is 2.29. The molecule has 1 aliphatic rings. The van der Waals surface area contributed by atoms with Crippen molar-refractivity contribution in [2.24, 2.45) is 0 Å². The number of hydrogen-bond acceptors (Lipinski definition) is 2. The Morgan fingerprint density at radius 1 is 1.10 bits per heavy atom. The van der Waals surface area contributed by atoms with Crippen molar-refractivity contribution in [1.82, 2.24) is 9.55 Å². The normalized spacial score (nSPS) is 13.1. The van der Waals surface area contributed by atoms with E-state index in [0.29, 0.717) is 0 Å². The molecule has 0 atom stereocenters. The highest BCUT2D eigenvalue weighted by molar-refractivity contribution is 5.84. The molecule has 3 nitrogen and oxygen atoms in total. The van der Waals surface area contributed by atoms with E-state index in [0.717, 1.165) is 40.8 Å². The molecule has 0 saturated heterocycles. The largest absolute Gasteiger partial charge is 0.325 e. The third-order valence-electron chi connectivity index (χ3n) is 4.08. The van der Waals surface area contributed by atoms with E-state index < -0.39 is 0 Å². The van der Waals surface area contributed by atoms with Crippen molar-refractivity contribution in [1.29, 1.82) is 0 Å². The predicted octanol–water partition coefficient (Wildman–Crippen LogP) is 2.93. The highest BCUT2D eigenvalue weighted by Gasteiger charge is 2.19. The second-order valence-electron chi connectivity index (χ2n) is 5.27. The van der Waals surface area contributed by atoms with Crippen molar-refractivity contribution in [3.05, 3.63) is 63.9 Å². The van der Waals surface area contributed by atoms with Gasteiger partial charge >= 0.3 is 0 Å². The van der Waals surface area contributed by atoms with Gasteiger partial charge in [-0.25, -0.2) is 0 Å². The fraction of sp³-hybridized carbons (Fsp3) is 0.176. The van der Waals surface area contributed by atoms with E-state index >= 15 is 0 Å². The van der Waals surface area contributed by atoms with Crippen molar-refractivity contribution < 1.29 is 0 Å². The third kappa shape index (κ3) is 1.46. The van der Waals surface area contributed by atoms with Crippen LogP contribution in [0.1, 0.15) is 11.1 Å². The molecule has 0 radical (unpaired) electrons. The summed E-state index contributed by atoms with van der Waals surface area (Å²) in [6, 6.07) is 14.2. The van der Waals surface area contributed by atoms with Crippen LogP contribution in [0.4, 0.5) is 0 Å². The van der Waals surface area contributed by atoms with Crippen molar-refractivity contribution in [3.8, 4) is 11.4 Å². The average Bonchev–Trinajstić information content (AvgIpc) is 2.47. The summed E-state index contributed by atoms with van der Waals surface area (Å²) in [4.78, 5) is 16.7. The minimum atomic E-state index is -0.124. The first-order valence-corrected chi connectivity index (χ1v) is 6.84. The Morgan fingerprint density at radius 3 is 2.85 bits per heavy atom. The van der Waals surface area contributed by atoms with Crippen LogP contribution in [0, 0.1) is 6.92 Å². The van der Waals surface area contributed by atoms with E-state index in [4.69, 9.17) is 0 Å². The predicted molar refractivity (Wildman–Crippen MR) is 79.9 cm³/mol. The van der Waals surface area contributed by atoms with Gasteiger partial charge in [-0.1, -0.05) is 36.4 Å². The van der Waals surface area contributed by atoms with Crippen LogP contribution >= 0.6 is 0 Å². The topological polar surface area (TPSA) is 34.9 Å². The molecule has 3 aromatic rings. The van der Waals surface area contributed by atoms with E-state index in [1.165, 1.54) is 5.56 Å². The summed E-state index contributed by atoms with van der Waals surface area (Å²) in [5, 5.41) is 0.746. The second kappa shape index (κ2) is 4.04. The summed E-state index contributed by atoms with van der Waals surface area (Å²) in [5.41, 5.74) is 4.22. The van der Waals surface area contributed by atoms with Gasteiger partial charge in [-0.05, 0) is 30.5 Å². The average molecular weight is 262 g/mol. The van der Waals surface area contributed by atoms with Crippen molar-refractivity contribution in [2.45, 2.75) is 19.9 Å². The minimum Gasteiger partial charge on any atom is -0.325 e. The molecule has 0 fully saturated rings. The monoisotopic (exact) mass is 262 g/mol. The van der Waals surface area contributed by atoms with Crippen LogP contribution in [-0.2, 0) is 13.0 Å². The zero-order valence-corrected chi connectivity index (χ0v) is 11.3. The molecule has 4 rings (SSSR count). The maximum Gasteiger partial charge on any atom is 0.281 e. The SMILES string of the molecule is Cc1cccc2c1c(=O)nc1n2CCc2ccccc2-1. The number of hydrogen-bond donors (Lipinski definition) is 0. The van der Waals surface area contributed by atoms with Gasteiger partial charge in [0.15, 0.2) is 0 Å². The van der Waals surface area contributed by atoms with Gasteiger partial charge in [-0.15, -0.1) is 0 Å². The Balaban J connectivity index is 2.17. The summed E-state index contributed by atoms with van der Waals surface area (Å²) in [7, 11) is 0. The zero-order chi connectivity index (χ0) is 13.7. The van der Waals surface area contributed by atoms with E-state index in [1.54, 1.807) is 0 Å². The molecular weight excluding hydrogens is 248 g/mol. The molecule has 2 heterocycles. The van der Waals surface area contributed by atoms with Crippen molar-refractivity contribution >= 4 is 10.9 Å². The van der Waals surface area contributed by atoms with Gasteiger partial charge in [-0.2, -0.15) is 4.98 Å². The van der Waals surface area contributed by atoms with Crippen LogP contribution in [-0.4, -0.2) is 9.55 Å². The minimum absolute atomic E-state index is 0.124. The summed E-state index contributed by atoms with van der Waals surface area (Å²) < 4.78 is 2.17. The van der Waals surface area contributed by atoms with Crippen LogP contribution in [0.3, 0.4) is 0 Å². The van der Waals surface area contributed by atoms with E-state index in [-0.39, 0.29) is 5.56 Å². The van der Waals surface area contributed by atoms with E-state index in [1.807, 2.05) is 43.3 Å². The molecule has 0 bridgehead atoms. The second-order valence-corrected chi connectivity index (χ2v) is 5.27. The molecule has 0 unspecified atom stereocenters. The number of aromatic nitrogens is 2. The fourth-order valence-corrected chi connectivity index (χ4v) is 3.10. The van der Waals surface area contributed by atoms with Gasteiger partial charge in [-0.3, -0.25) is 4.79 Å².